The smallest absolute Gasteiger partial charge is 0.271 e. The Balaban J connectivity index is 1.32. The Kier molecular flexibility index (Phi) is 6.20. The molecule has 1 aliphatic rings. The molecule has 0 radical (unpaired) electrons. The van der Waals surface area contributed by atoms with Crippen LogP contribution < -0.4 is 5.32 Å². The van der Waals surface area contributed by atoms with Crippen LogP contribution >= 0.6 is 11.3 Å². The monoisotopic (exact) mass is 470 g/mol. The van der Waals surface area contributed by atoms with Gasteiger partial charge in [-0.25, -0.2) is 13.8 Å². The van der Waals surface area contributed by atoms with Gasteiger partial charge in [0.2, 0.25) is 5.91 Å². The molecule has 1 N–H and O–H groups in total. The van der Waals surface area contributed by atoms with Crippen LogP contribution in [0.3, 0.4) is 0 Å². The normalized spacial score (nSPS) is 17.0. The lowest BCUT2D eigenvalue weighted by atomic mass is 10.1. The summed E-state index contributed by atoms with van der Waals surface area (Å²) in [5.74, 6) is -4.39. The van der Waals surface area contributed by atoms with Gasteiger partial charge in [-0.05, 0) is 11.1 Å². The van der Waals surface area contributed by atoms with Crippen LogP contribution in [0.5, 0.6) is 0 Å². The summed E-state index contributed by atoms with van der Waals surface area (Å²) in [6.07, 6.45) is 3.57. The molecule has 33 heavy (non-hydrogen) atoms. The van der Waals surface area contributed by atoms with Gasteiger partial charge in [0, 0.05) is 37.0 Å². The van der Waals surface area contributed by atoms with E-state index in [1.807, 2.05) is 37.5 Å². The molecule has 3 aromatic rings. The molecule has 3 heterocycles. The molecule has 2 amide bonds. The van der Waals surface area contributed by atoms with Crippen molar-refractivity contribution < 1.29 is 18.4 Å². The van der Waals surface area contributed by atoms with Gasteiger partial charge in [-0.1, -0.05) is 24.3 Å². The number of likely N-dealkylation sites (tertiary alicyclic amines) is 1. The minimum absolute atomic E-state index is 0.151. The average molecular weight is 471 g/mol. The van der Waals surface area contributed by atoms with Crippen LogP contribution in [-0.4, -0.2) is 56.5 Å². The molecule has 0 unspecified atom stereocenters. The van der Waals surface area contributed by atoms with Crippen molar-refractivity contribution >= 4 is 23.2 Å². The topological polar surface area (TPSA) is 104 Å². The number of hydrogen-bond donors (Lipinski definition) is 1. The highest BCUT2D eigenvalue weighted by atomic mass is 32.1. The largest absolute Gasteiger partial charge is 0.342 e. The van der Waals surface area contributed by atoms with Gasteiger partial charge >= 0.3 is 0 Å². The summed E-state index contributed by atoms with van der Waals surface area (Å²) in [5, 5.41) is 17.9. The third kappa shape index (κ3) is 5.23. The fraction of sp³-hybridized carbons (Fsp3) is 0.318. The molecule has 1 fully saturated rings. The maximum Gasteiger partial charge on any atom is 0.271 e. The van der Waals surface area contributed by atoms with Gasteiger partial charge in [0.25, 0.3) is 11.8 Å². The number of nitrogens with one attached hydrogen (secondary N) is 1. The van der Waals surface area contributed by atoms with Gasteiger partial charge < -0.3 is 10.2 Å². The molecule has 4 rings (SSSR count). The van der Waals surface area contributed by atoms with E-state index in [-0.39, 0.29) is 5.69 Å². The predicted molar refractivity (Wildman–Crippen MR) is 117 cm³/mol. The van der Waals surface area contributed by atoms with Gasteiger partial charge in [-0.15, -0.1) is 11.3 Å². The van der Waals surface area contributed by atoms with Gasteiger partial charge in [0.1, 0.15) is 11.7 Å². The van der Waals surface area contributed by atoms with E-state index in [9.17, 15) is 18.4 Å². The van der Waals surface area contributed by atoms with Crippen molar-refractivity contribution in [1.29, 1.82) is 5.26 Å². The number of carbonyl (C=O) groups is 2. The van der Waals surface area contributed by atoms with Crippen molar-refractivity contribution in [3.63, 3.8) is 0 Å². The number of carbonyl (C=O) groups excluding carboxylic acids is 2. The Morgan fingerprint density at radius 2 is 2.06 bits per heavy atom. The second kappa shape index (κ2) is 9.07. The van der Waals surface area contributed by atoms with E-state index in [4.69, 9.17) is 5.26 Å². The van der Waals surface area contributed by atoms with E-state index in [0.717, 1.165) is 26.6 Å². The lowest BCUT2D eigenvalue weighted by molar-refractivity contribution is -0.131. The Morgan fingerprint density at radius 1 is 1.30 bits per heavy atom. The first kappa shape index (κ1) is 22.5. The summed E-state index contributed by atoms with van der Waals surface area (Å²) >= 11 is 1.32. The Labute approximate surface area is 192 Å². The first-order valence-electron chi connectivity index (χ1n) is 10.1. The Morgan fingerprint density at radius 3 is 2.73 bits per heavy atom. The van der Waals surface area contributed by atoms with E-state index in [0.29, 0.717) is 6.42 Å². The van der Waals surface area contributed by atoms with Crippen LogP contribution in [0.2, 0.25) is 0 Å². The average Bonchev–Trinajstić information content (AvgIpc) is 3.51. The highest BCUT2D eigenvalue weighted by Gasteiger charge is 2.47. The highest BCUT2D eigenvalue weighted by molar-refractivity contribution is 7.09. The first-order chi connectivity index (χ1) is 15.7. The van der Waals surface area contributed by atoms with E-state index in [1.165, 1.54) is 11.3 Å². The number of nitrogens with zero attached hydrogens (tertiary/aromatic N) is 5. The summed E-state index contributed by atoms with van der Waals surface area (Å²) in [7, 11) is 1.86. The number of alkyl halides is 2. The van der Waals surface area contributed by atoms with Crippen molar-refractivity contribution in [2.24, 2.45) is 7.05 Å². The van der Waals surface area contributed by atoms with Gasteiger partial charge in [0.05, 0.1) is 30.4 Å². The van der Waals surface area contributed by atoms with Crippen molar-refractivity contribution in [3.05, 3.63) is 58.3 Å². The molecular weight excluding hydrogens is 450 g/mol. The number of aromatic nitrogens is 3. The van der Waals surface area contributed by atoms with E-state index >= 15 is 0 Å². The molecule has 11 heteroatoms. The maximum atomic E-state index is 13.5. The minimum atomic E-state index is -3.10. The fourth-order valence-electron chi connectivity index (χ4n) is 3.60. The first-order valence-corrected chi connectivity index (χ1v) is 11.0. The molecular formula is C22H20F2N6O2S. The number of aryl methyl sites for hydroxylation is 1. The van der Waals surface area contributed by atoms with Crippen molar-refractivity contribution in [2.75, 3.05) is 13.1 Å². The summed E-state index contributed by atoms with van der Waals surface area (Å²) in [6, 6.07) is 8.48. The quantitative estimate of drug-likeness (QED) is 0.597. The lowest BCUT2D eigenvalue weighted by Gasteiger charge is -2.19. The molecule has 1 aromatic carbocycles. The number of hydrogen-bond acceptors (Lipinski definition) is 6. The SMILES string of the molecule is Cn1cc(-c2ccc(Cc3nc(C(=O)NCC(=O)N4CC(F)(F)C[C@H]4C#N)cs3)cc2)cn1. The number of halogens is 2. The van der Waals surface area contributed by atoms with E-state index in [2.05, 4.69) is 15.4 Å². The second-order valence-electron chi connectivity index (χ2n) is 7.81. The summed E-state index contributed by atoms with van der Waals surface area (Å²) in [5.41, 5.74) is 3.24. The number of nitriles is 1. The second-order valence-corrected chi connectivity index (χ2v) is 8.75. The zero-order chi connectivity index (χ0) is 23.6. The zero-order valence-corrected chi connectivity index (χ0v) is 18.5. The molecule has 1 saturated heterocycles. The Hall–Kier alpha value is -3.65. The summed E-state index contributed by atoms with van der Waals surface area (Å²) < 4.78 is 28.7. The molecule has 0 bridgehead atoms. The van der Waals surface area contributed by atoms with Crippen LogP contribution in [0.4, 0.5) is 8.78 Å². The third-order valence-corrected chi connectivity index (χ3v) is 6.12. The van der Waals surface area contributed by atoms with Crippen molar-refractivity contribution in [3.8, 4) is 17.2 Å². The number of rotatable bonds is 6. The van der Waals surface area contributed by atoms with Gasteiger partial charge in [-0.2, -0.15) is 10.4 Å². The fourth-order valence-corrected chi connectivity index (χ4v) is 4.41. The molecule has 8 nitrogen and oxygen atoms in total. The molecule has 0 spiro atoms. The zero-order valence-electron chi connectivity index (χ0n) is 17.7. The molecule has 0 aliphatic carbocycles. The molecule has 170 valence electrons. The van der Waals surface area contributed by atoms with Gasteiger partial charge in [-0.3, -0.25) is 14.3 Å². The molecule has 1 atom stereocenters. The van der Waals surface area contributed by atoms with Crippen LogP contribution in [0.25, 0.3) is 11.1 Å². The Bertz CT molecular complexity index is 1210. The standard InChI is InChI=1S/C22H20F2N6O2S/c1-29-11-16(9-27-29)15-4-2-14(3-5-15)6-19-28-18(12-33-19)21(32)26-10-20(31)30-13-22(23,24)7-17(30)8-25/h2-5,9,11-12,17H,6-7,10,13H2,1H3,(H,26,32)/t17-/m0/s1. The van der Waals surface area contributed by atoms with Crippen LogP contribution in [0.1, 0.15) is 27.5 Å². The van der Waals surface area contributed by atoms with Crippen LogP contribution in [-0.2, 0) is 18.3 Å². The molecule has 2 aromatic heterocycles. The summed E-state index contributed by atoms with van der Waals surface area (Å²) in [4.78, 5) is 29.7. The van der Waals surface area contributed by atoms with Crippen LogP contribution in [0, 0.1) is 11.3 Å². The van der Waals surface area contributed by atoms with Gasteiger partial charge in [0.15, 0.2) is 0 Å². The van der Waals surface area contributed by atoms with E-state index in [1.54, 1.807) is 22.3 Å². The molecule has 1 aliphatic heterocycles. The number of amides is 2. The summed E-state index contributed by atoms with van der Waals surface area (Å²) in [6.45, 7) is -1.30. The lowest BCUT2D eigenvalue weighted by Crippen LogP contribution is -2.43. The molecule has 0 saturated carbocycles. The maximum absolute atomic E-state index is 13.5. The minimum Gasteiger partial charge on any atom is -0.342 e. The number of benzene rings is 1. The third-order valence-electron chi connectivity index (χ3n) is 5.27. The highest BCUT2D eigenvalue weighted by Crippen LogP contribution is 2.31. The van der Waals surface area contributed by atoms with Crippen LogP contribution in [0.15, 0.2) is 42.0 Å². The van der Waals surface area contributed by atoms with Crippen molar-refractivity contribution in [2.45, 2.75) is 24.8 Å². The van der Waals surface area contributed by atoms with Crippen molar-refractivity contribution in [1.82, 2.24) is 25.0 Å². The van der Waals surface area contributed by atoms with E-state index < -0.39 is 43.3 Å². The number of thiazole rings is 1. The predicted octanol–water partition coefficient (Wildman–Crippen LogP) is 2.62.